The molecule has 2 amide bonds. The summed E-state index contributed by atoms with van der Waals surface area (Å²) in [5, 5.41) is 7.34. The Morgan fingerprint density at radius 3 is 2.52 bits per heavy atom. The molecule has 0 aliphatic carbocycles. The van der Waals surface area contributed by atoms with Crippen LogP contribution in [0.4, 0.5) is 9.93 Å². The molecule has 0 saturated heterocycles. The fourth-order valence-electron chi connectivity index (χ4n) is 2.64. The minimum absolute atomic E-state index is 0.230. The number of hydrogen-bond acceptors (Lipinski definition) is 5. The lowest BCUT2D eigenvalue weighted by Crippen LogP contribution is -2.30. The van der Waals surface area contributed by atoms with Crippen molar-refractivity contribution in [3.05, 3.63) is 53.0 Å². The fraction of sp³-hybridized carbons (Fsp3) is 0.167. The average molecular weight is 368 g/mol. The molecule has 0 aliphatic rings. The van der Waals surface area contributed by atoms with Gasteiger partial charge in [0.1, 0.15) is 0 Å². The van der Waals surface area contributed by atoms with E-state index in [0.29, 0.717) is 11.7 Å². The zero-order valence-corrected chi connectivity index (χ0v) is 15.2. The topological polar surface area (TPSA) is 66.9 Å². The van der Waals surface area contributed by atoms with Crippen molar-refractivity contribution >= 4 is 54.3 Å². The van der Waals surface area contributed by atoms with Crippen molar-refractivity contribution in [3.8, 4) is 0 Å². The van der Waals surface area contributed by atoms with Crippen molar-refractivity contribution in [3.63, 3.8) is 0 Å². The van der Waals surface area contributed by atoms with Crippen molar-refractivity contribution in [2.75, 3.05) is 11.9 Å². The molecule has 126 valence electrons. The Morgan fingerprint density at radius 2 is 1.72 bits per heavy atom. The van der Waals surface area contributed by atoms with E-state index in [0.717, 1.165) is 31.9 Å². The first-order valence-corrected chi connectivity index (χ1v) is 9.58. The third-order valence-corrected chi connectivity index (χ3v) is 5.92. The van der Waals surface area contributed by atoms with Gasteiger partial charge in [0.15, 0.2) is 5.13 Å². The van der Waals surface area contributed by atoms with Gasteiger partial charge in [-0.2, -0.15) is 0 Å². The van der Waals surface area contributed by atoms with Crippen LogP contribution < -0.4 is 10.6 Å². The number of aryl methyl sites for hydroxylation is 1. The first-order chi connectivity index (χ1) is 12.2. The summed E-state index contributed by atoms with van der Waals surface area (Å²) in [7, 11) is 0. The van der Waals surface area contributed by atoms with Crippen molar-refractivity contribution in [2.45, 2.75) is 13.3 Å². The predicted molar refractivity (Wildman–Crippen MR) is 105 cm³/mol. The highest BCUT2D eigenvalue weighted by Crippen LogP contribution is 2.35. The summed E-state index contributed by atoms with van der Waals surface area (Å²) < 4.78 is 2.20. The third kappa shape index (κ3) is 3.47. The number of benzene rings is 2. The number of nitrogens with one attached hydrogen (secondary N) is 2. The lowest BCUT2D eigenvalue weighted by atomic mass is 10.1. The molecule has 0 bridgehead atoms. The molecule has 0 saturated carbocycles. The van der Waals surface area contributed by atoms with E-state index in [1.807, 2.05) is 37.3 Å². The van der Waals surface area contributed by atoms with Gasteiger partial charge in [0, 0.05) is 6.54 Å². The molecule has 4 rings (SSSR count). The fourth-order valence-corrected chi connectivity index (χ4v) is 4.65. The predicted octanol–water partition coefficient (Wildman–Crippen LogP) is 4.58. The van der Waals surface area contributed by atoms with Gasteiger partial charge in [0.05, 0.1) is 25.4 Å². The van der Waals surface area contributed by atoms with Gasteiger partial charge in [-0.25, -0.2) is 14.8 Å². The number of fused-ring (bicyclic) bond motifs is 3. The van der Waals surface area contributed by atoms with Gasteiger partial charge in [-0.15, -0.1) is 11.3 Å². The van der Waals surface area contributed by atoms with E-state index in [2.05, 4.69) is 32.7 Å². The number of hydrogen-bond donors (Lipinski definition) is 2. The molecule has 0 unspecified atom stereocenters. The monoisotopic (exact) mass is 368 g/mol. The summed E-state index contributed by atoms with van der Waals surface area (Å²) >= 11 is 3.14. The molecule has 2 aromatic heterocycles. The van der Waals surface area contributed by atoms with Crippen molar-refractivity contribution in [2.24, 2.45) is 0 Å². The van der Waals surface area contributed by atoms with Crippen LogP contribution in [0, 0.1) is 6.92 Å². The molecule has 0 fully saturated rings. The Morgan fingerprint density at radius 1 is 1.00 bits per heavy atom. The van der Waals surface area contributed by atoms with E-state index in [9.17, 15) is 4.79 Å². The molecule has 25 heavy (non-hydrogen) atoms. The number of carbonyl (C=O) groups is 1. The standard InChI is InChI=1S/C18H16N4OS2/c1-11-20-13-7-8-14-16(15(13)24-11)25-18(21-14)22-17(23)19-10-9-12-5-3-2-4-6-12/h2-8H,9-10H2,1H3,(H2,19,21,22,23). The second kappa shape index (κ2) is 6.78. The number of rotatable bonds is 4. The van der Waals surface area contributed by atoms with Crippen molar-refractivity contribution < 1.29 is 4.79 Å². The summed E-state index contributed by atoms with van der Waals surface area (Å²) in [4.78, 5) is 21.1. The molecule has 7 heteroatoms. The summed E-state index contributed by atoms with van der Waals surface area (Å²) in [6.07, 6.45) is 0.800. The number of anilines is 1. The van der Waals surface area contributed by atoms with Crippen LogP contribution in [0.15, 0.2) is 42.5 Å². The number of aromatic nitrogens is 2. The van der Waals surface area contributed by atoms with Crippen LogP contribution in [-0.2, 0) is 6.42 Å². The zero-order chi connectivity index (χ0) is 17.2. The molecule has 0 atom stereocenters. The maximum atomic E-state index is 12.1. The van der Waals surface area contributed by atoms with Crippen LogP contribution in [0.3, 0.4) is 0 Å². The minimum Gasteiger partial charge on any atom is -0.337 e. The van der Waals surface area contributed by atoms with Crippen LogP contribution in [-0.4, -0.2) is 22.5 Å². The highest BCUT2D eigenvalue weighted by Gasteiger charge is 2.12. The Bertz CT molecular complexity index is 1040. The zero-order valence-electron chi connectivity index (χ0n) is 13.6. The van der Waals surface area contributed by atoms with Gasteiger partial charge in [-0.1, -0.05) is 41.7 Å². The molecule has 0 radical (unpaired) electrons. The Labute approximate surface area is 152 Å². The quantitative estimate of drug-likeness (QED) is 0.554. The van der Waals surface area contributed by atoms with E-state index in [1.165, 1.54) is 16.9 Å². The molecule has 2 aromatic carbocycles. The molecular weight excluding hydrogens is 352 g/mol. The number of amides is 2. The highest BCUT2D eigenvalue weighted by atomic mass is 32.1. The summed E-state index contributed by atoms with van der Waals surface area (Å²) in [6.45, 7) is 2.58. The Kier molecular flexibility index (Phi) is 4.33. The maximum absolute atomic E-state index is 12.1. The van der Waals surface area contributed by atoms with Crippen molar-refractivity contribution in [1.29, 1.82) is 0 Å². The van der Waals surface area contributed by atoms with E-state index in [-0.39, 0.29) is 6.03 Å². The second-order valence-corrected chi connectivity index (χ2v) is 7.83. The summed E-state index contributed by atoms with van der Waals surface area (Å²) in [6, 6.07) is 13.8. The lowest BCUT2D eigenvalue weighted by Gasteiger charge is -2.05. The number of carbonyl (C=O) groups excluding carboxylic acids is 1. The van der Waals surface area contributed by atoms with Crippen LogP contribution >= 0.6 is 22.7 Å². The second-order valence-electron chi connectivity index (χ2n) is 5.63. The van der Waals surface area contributed by atoms with E-state index in [1.54, 1.807) is 11.3 Å². The third-order valence-electron chi connectivity index (χ3n) is 3.78. The van der Waals surface area contributed by atoms with Gasteiger partial charge in [-0.3, -0.25) is 5.32 Å². The van der Waals surface area contributed by atoms with Crippen molar-refractivity contribution in [1.82, 2.24) is 15.3 Å². The minimum atomic E-state index is -0.230. The van der Waals surface area contributed by atoms with Gasteiger partial charge in [0.2, 0.25) is 0 Å². The lowest BCUT2D eigenvalue weighted by molar-refractivity contribution is 0.252. The SMILES string of the molecule is Cc1nc2ccc3nc(NC(=O)NCCc4ccccc4)sc3c2s1. The van der Waals surface area contributed by atoms with Gasteiger partial charge < -0.3 is 5.32 Å². The van der Waals surface area contributed by atoms with E-state index in [4.69, 9.17) is 0 Å². The molecule has 2 N–H and O–H groups in total. The largest absolute Gasteiger partial charge is 0.337 e. The normalized spacial score (nSPS) is 11.1. The maximum Gasteiger partial charge on any atom is 0.321 e. The number of nitrogens with zero attached hydrogens (tertiary/aromatic N) is 2. The van der Waals surface area contributed by atoms with Crippen LogP contribution in [0.5, 0.6) is 0 Å². The molecule has 5 nitrogen and oxygen atoms in total. The molecule has 2 heterocycles. The van der Waals surface area contributed by atoms with E-state index < -0.39 is 0 Å². The summed E-state index contributed by atoms with van der Waals surface area (Å²) in [5.41, 5.74) is 3.07. The average Bonchev–Trinajstić information content (AvgIpc) is 3.17. The Hall–Kier alpha value is -2.51. The smallest absolute Gasteiger partial charge is 0.321 e. The summed E-state index contributed by atoms with van der Waals surface area (Å²) in [5.74, 6) is 0. The number of urea groups is 1. The Balaban J connectivity index is 1.43. The van der Waals surface area contributed by atoms with Gasteiger partial charge >= 0.3 is 6.03 Å². The first kappa shape index (κ1) is 16.0. The molecule has 4 aromatic rings. The molecular formula is C18H16N4OS2. The van der Waals surface area contributed by atoms with Gasteiger partial charge in [-0.05, 0) is 31.0 Å². The van der Waals surface area contributed by atoms with E-state index >= 15 is 0 Å². The highest BCUT2D eigenvalue weighted by molar-refractivity contribution is 7.28. The van der Waals surface area contributed by atoms with Crippen LogP contribution in [0.25, 0.3) is 20.4 Å². The van der Waals surface area contributed by atoms with Crippen LogP contribution in [0.2, 0.25) is 0 Å². The van der Waals surface area contributed by atoms with Crippen LogP contribution in [0.1, 0.15) is 10.6 Å². The number of thiazole rings is 2. The van der Waals surface area contributed by atoms with Gasteiger partial charge in [0.25, 0.3) is 0 Å². The molecule has 0 aliphatic heterocycles. The molecule has 0 spiro atoms. The first-order valence-electron chi connectivity index (χ1n) is 7.94.